The number of nitrogens with zero attached hydrogens (tertiary/aromatic N) is 4. The maximum atomic E-state index is 14.6. The highest BCUT2D eigenvalue weighted by Crippen LogP contribution is 2.47. The van der Waals surface area contributed by atoms with Crippen molar-refractivity contribution in [2.45, 2.75) is 176 Å². The fourth-order valence-electron chi connectivity index (χ4n) is 11.4. The van der Waals surface area contributed by atoms with Crippen molar-refractivity contribution in [3.8, 4) is 23.3 Å². The van der Waals surface area contributed by atoms with Gasteiger partial charge in [-0.3, -0.25) is 38.3 Å². The SMILES string of the molecule is C=C[C@@H]1C[C@]1(NC(=O)[C@@H]1CC(Oc2nccc3cc(OC)ccc23)CN1)C(=O)NS(=O)(=O)C1CC1.C=C[C@@H]1C[C@]1(NC(=O)[C@@H]1CC(Oc2nccc3cc(OC)ccc23)CN1C(=O)C([C@@H](C)CC)N(C)C(=O)OC(C)(C)C)C(=O)NS(=O)(=O)C1CC1.CC(C)(C)OC(=O)CO.Cl.Cl. The topological polar surface area (TPSA) is 356 Å². The molecular formula is C66H91Cl2N9O18S2. The molecule has 2 aromatic heterocycles. The van der Waals surface area contributed by atoms with Crippen LogP contribution >= 0.6 is 24.8 Å². The Bertz CT molecular complexity index is 3830. The summed E-state index contributed by atoms with van der Waals surface area (Å²) in [6.07, 6.45) is 8.02. The van der Waals surface area contributed by atoms with E-state index in [1.807, 2.05) is 56.3 Å². The van der Waals surface area contributed by atoms with Crippen molar-refractivity contribution in [2.75, 3.05) is 41.0 Å². The smallest absolute Gasteiger partial charge is 0.410 e. The molecule has 6 fully saturated rings. The Labute approximate surface area is 578 Å². The number of fused-ring (bicyclic) bond motifs is 2. The van der Waals surface area contributed by atoms with Gasteiger partial charge in [-0.05, 0) is 145 Å². The van der Waals surface area contributed by atoms with Crippen LogP contribution in [0.25, 0.3) is 21.5 Å². The first kappa shape index (κ1) is 78.4. The van der Waals surface area contributed by atoms with E-state index < -0.39 is 125 Å². The molecule has 534 valence electrons. The van der Waals surface area contributed by atoms with Gasteiger partial charge in [0.25, 0.3) is 11.8 Å². The molecular weight excluding hydrogens is 1340 g/mol. The lowest BCUT2D eigenvalue weighted by atomic mass is 9.96. The van der Waals surface area contributed by atoms with Gasteiger partial charge in [0, 0.05) is 61.4 Å². The number of rotatable bonds is 23. The van der Waals surface area contributed by atoms with Gasteiger partial charge in [-0.1, -0.05) is 32.4 Å². The summed E-state index contributed by atoms with van der Waals surface area (Å²) in [5, 5.41) is 19.0. The van der Waals surface area contributed by atoms with E-state index in [-0.39, 0.29) is 68.0 Å². The Morgan fingerprint density at radius 3 is 1.59 bits per heavy atom. The van der Waals surface area contributed by atoms with Crippen LogP contribution in [-0.4, -0.2) is 187 Å². The average Bonchev–Trinajstić information content (AvgIpc) is 1.58. The molecule has 6 amide bonds. The van der Waals surface area contributed by atoms with Crippen LogP contribution in [0.4, 0.5) is 4.79 Å². The van der Waals surface area contributed by atoms with Crippen molar-refractivity contribution < 1.29 is 83.9 Å². The summed E-state index contributed by atoms with van der Waals surface area (Å²) in [6.45, 7) is 21.5. The van der Waals surface area contributed by atoms with Crippen molar-refractivity contribution >= 4 is 108 Å². The first-order valence-corrected chi connectivity index (χ1v) is 34.8. The largest absolute Gasteiger partial charge is 0.497 e. The predicted octanol–water partition coefficient (Wildman–Crippen LogP) is 5.73. The molecule has 10 atom stereocenters. The maximum Gasteiger partial charge on any atom is 0.410 e. The highest BCUT2D eigenvalue weighted by atomic mass is 35.5. The summed E-state index contributed by atoms with van der Waals surface area (Å²) in [6, 6.07) is 12.0. The first-order valence-electron chi connectivity index (χ1n) is 31.7. The quantitative estimate of drug-likeness (QED) is 0.0381. The number of methoxy groups -OCH3 is 2. The van der Waals surface area contributed by atoms with E-state index in [1.165, 1.54) is 22.9 Å². The number of likely N-dealkylation sites (tertiary alicyclic amines) is 1. The second-order valence-corrected chi connectivity index (χ2v) is 30.8. The standard InChI is InChI=1S/C36H49N5O9S.C24H28N4O6S.C6H12O3.2ClH/c1-9-21(3)29(40(7)34(45)50-35(4,5)6)32(43)41-20-25(49-31-27-14-11-24(48-8)17-22(27)15-16-37-31)18-28(41)30(42)38-36(19-23(36)10-2)33(44)39-51(46,47)26-12-13-26;1-3-15-12-24(15,23(30)28-35(31,32)18-5-6-18)27-21(29)20-11-17(13-26-20)34-22-19-7-4-16(33-2)10-14(19)8-9-25-22;1-6(2,3)9-5(8)4-7;;/h10-11,14-17,21,23,25-26,28-29H,2,9,12-13,18-20H2,1,3-8H3,(H,38,42)(H,39,44);3-4,7-10,15,17-18,20,26H,1,5-6,11-13H2,2H3,(H,27,29)(H,28,30);7H,4H2,1-3H3;2*1H/t21-,23+,25?,28-,29?,36+;15-,17?,20+,24-;;;/m01.../s1. The molecule has 6 aliphatic rings. The number of ether oxygens (including phenoxy) is 6. The van der Waals surface area contributed by atoms with Gasteiger partial charge in [-0.15, -0.1) is 38.0 Å². The van der Waals surface area contributed by atoms with E-state index in [4.69, 9.17) is 33.5 Å². The maximum absolute atomic E-state index is 14.6. The third-order valence-corrected chi connectivity index (χ3v) is 20.9. The van der Waals surface area contributed by atoms with Crippen LogP contribution in [0.15, 0.2) is 86.2 Å². The first-order chi connectivity index (χ1) is 44.6. The summed E-state index contributed by atoms with van der Waals surface area (Å²) in [4.78, 5) is 103. The number of amides is 6. The average molecular weight is 1430 g/mol. The molecule has 2 aromatic carbocycles. The molecule has 10 rings (SSSR count). The Hall–Kier alpha value is -7.57. The predicted molar refractivity (Wildman–Crippen MR) is 365 cm³/mol. The number of hydrogen-bond acceptors (Lipinski definition) is 21. The third-order valence-electron chi connectivity index (χ3n) is 17.3. The van der Waals surface area contributed by atoms with Crippen molar-refractivity contribution in [2.24, 2.45) is 17.8 Å². The van der Waals surface area contributed by atoms with Crippen LogP contribution in [0.1, 0.15) is 113 Å². The summed E-state index contributed by atoms with van der Waals surface area (Å²) in [5.74, 6) is -2.68. The highest BCUT2D eigenvalue weighted by molar-refractivity contribution is 7.91. The molecule has 6 N–H and O–H groups in total. The second kappa shape index (κ2) is 31.5. The minimum atomic E-state index is -3.89. The molecule has 97 heavy (non-hydrogen) atoms. The molecule has 2 saturated heterocycles. The Balaban J connectivity index is 0.000000279. The Morgan fingerprint density at radius 1 is 0.722 bits per heavy atom. The van der Waals surface area contributed by atoms with Gasteiger partial charge < -0.3 is 54.4 Å². The van der Waals surface area contributed by atoms with Gasteiger partial charge in [0.1, 0.15) is 64.7 Å². The number of likely N-dealkylation sites (N-methyl/N-ethyl adjacent to an activating group) is 1. The molecule has 0 radical (unpaired) electrons. The molecule has 4 aliphatic carbocycles. The number of aliphatic hydroxyl groups excluding tert-OH is 1. The molecule has 3 unspecified atom stereocenters. The van der Waals surface area contributed by atoms with Crippen molar-refractivity contribution in [3.63, 3.8) is 0 Å². The van der Waals surface area contributed by atoms with Crippen molar-refractivity contribution in [1.82, 2.24) is 45.2 Å². The van der Waals surface area contributed by atoms with Crippen LogP contribution in [-0.2, 0) is 58.3 Å². The fraction of sp³-hybridized carbons (Fsp3) is 0.561. The van der Waals surface area contributed by atoms with Crippen LogP contribution in [0.5, 0.6) is 23.3 Å². The molecule has 4 heterocycles. The van der Waals surface area contributed by atoms with Crippen molar-refractivity contribution in [3.05, 3.63) is 86.2 Å². The molecule has 2 aliphatic heterocycles. The molecule has 4 aromatic rings. The van der Waals surface area contributed by atoms with Gasteiger partial charge in [-0.25, -0.2) is 36.4 Å². The summed E-state index contributed by atoms with van der Waals surface area (Å²) < 4.78 is 87.6. The zero-order valence-corrected chi connectivity index (χ0v) is 59.7. The van der Waals surface area contributed by atoms with Crippen LogP contribution < -0.4 is 44.3 Å². The summed E-state index contributed by atoms with van der Waals surface area (Å²) >= 11 is 0. The normalized spacial score (nSPS) is 23.8. The number of carbonyl (C=O) groups excluding carboxylic acids is 7. The lowest BCUT2D eigenvalue weighted by Crippen LogP contribution is -2.59. The van der Waals surface area contributed by atoms with Crippen LogP contribution in [0, 0.1) is 17.8 Å². The number of aliphatic hydroxyl groups is 1. The zero-order valence-electron chi connectivity index (χ0n) is 56.4. The van der Waals surface area contributed by atoms with E-state index in [9.17, 15) is 50.4 Å². The minimum absolute atomic E-state index is 0. The highest BCUT2D eigenvalue weighted by Gasteiger charge is 2.63. The van der Waals surface area contributed by atoms with E-state index in [0.29, 0.717) is 74.4 Å². The number of esters is 1. The fourth-order valence-corrected chi connectivity index (χ4v) is 14.2. The molecule has 4 saturated carbocycles. The Kier molecular flexibility index (Phi) is 25.5. The lowest BCUT2D eigenvalue weighted by molar-refractivity contribution is -0.158. The van der Waals surface area contributed by atoms with E-state index >= 15 is 0 Å². The van der Waals surface area contributed by atoms with Gasteiger partial charge in [0.05, 0.1) is 37.3 Å². The van der Waals surface area contributed by atoms with Gasteiger partial charge in [0.15, 0.2) is 0 Å². The van der Waals surface area contributed by atoms with Crippen LogP contribution in [0.2, 0.25) is 0 Å². The monoisotopic (exact) mass is 1430 g/mol. The van der Waals surface area contributed by atoms with E-state index in [0.717, 1.165) is 21.9 Å². The summed E-state index contributed by atoms with van der Waals surface area (Å²) in [5.41, 5.74) is -4.14. The molecule has 27 nitrogen and oxygen atoms in total. The Morgan fingerprint density at radius 2 is 1.19 bits per heavy atom. The minimum Gasteiger partial charge on any atom is -0.497 e. The lowest BCUT2D eigenvalue weighted by Gasteiger charge is -2.36. The number of carbonyl (C=O) groups is 7. The zero-order chi connectivity index (χ0) is 69.8. The number of benzene rings is 2. The van der Waals surface area contributed by atoms with Gasteiger partial charge in [-0.2, -0.15) is 0 Å². The number of pyridine rings is 2. The van der Waals surface area contributed by atoms with Gasteiger partial charge in [0.2, 0.25) is 49.5 Å². The van der Waals surface area contributed by atoms with Crippen molar-refractivity contribution in [1.29, 1.82) is 0 Å². The number of hydrogen-bond donors (Lipinski definition) is 6. The van der Waals surface area contributed by atoms with Gasteiger partial charge >= 0.3 is 12.1 Å². The molecule has 31 heteroatoms. The summed E-state index contributed by atoms with van der Waals surface area (Å²) in [7, 11) is -2.94. The number of sulfonamides is 2. The number of aromatic nitrogens is 2. The molecule has 0 spiro atoms. The molecule has 0 bridgehead atoms. The number of nitrogens with one attached hydrogen (secondary N) is 5. The number of halogens is 2. The van der Waals surface area contributed by atoms with Crippen LogP contribution in [0.3, 0.4) is 0 Å². The van der Waals surface area contributed by atoms with E-state index in [2.05, 4.69) is 48.5 Å². The van der Waals surface area contributed by atoms with E-state index in [1.54, 1.807) is 80.3 Å². The second-order valence-electron chi connectivity index (χ2n) is 26.9. The third kappa shape index (κ3) is 19.2.